The Balaban J connectivity index is 1.81. The minimum absolute atomic E-state index is 0.380. The van der Waals surface area contributed by atoms with Crippen LogP contribution in [-0.4, -0.2) is 6.54 Å². The minimum atomic E-state index is 0.380. The molecule has 0 spiro atoms. The molecule has 1 nitrogen and oxygen atoms in total. The van der Waals surface area contributed by atoms with E-state index in [1.54, 1.807) is 0 Å². The second-order valence-electron chi connectivity index (χ2n) is 5.63. The number of hydrogen-bond acceptors (Lipinski definition) is 1. The van der Waals surface area contributed by atoms with E-state index in [0.717, 1.165) is 16.0 Å². The number of hydrogen-bond donors (Lipinski definition) is 1. The molecule has 0 bridgehead atoms. The monoisotopic (exact) mass is 363 g/mol. The van der Waals surface area contributed by atoms with Gasteiger partial charge in [0.25, 0.3) is 0 Å². The Hall–Kier alpha value is -0.830. The molecule has 3 rings (SSSR count). The van der Waals surface area contributed by atoms with Gasteiger partial charge in [0.05, 0.1) is 5.02 Å². The van der Waals surface area contributed by atoms with Crippen molar-refractivity contribution in [2.75, 3.05) is 6.54 Å². The zero-order chi connectivity index (χ0) is 14.8. The molecule has 2 aromatic carbocycles. The predicted octanol–water partition coefficient (Wildman–Crippen LogP) is 5.56. The van der Waals surface area contributed by atoms with Gasteiger partial charge in [0.15, 0.2) is 0 Å². The Kier molecular flexibility index (Phi) is 4.68. The first-order chi connectivity index (χ1) is 10.2. The van der Waals surface area contributed by atoms with Crippen LogP contribution in [0.4, 0.5) is 0 Å². The molecule has 1 aliphatic carbocycles. The molecular weight excluding hydrogens is 346 g/mol. The fourth-order valence-electron chi connectivity index (χ4n) is 3.11. The molecule has 1 saturated carbocycles. The number of halogens is 2. The minimum Gasteiger partial charge on any atom is -0.310 e. The molecule has 0 saturated heterocycles. The van der Waals surface area contributed by atoms with Crippen molar-refractivity contribution in [1.82, 2.24) is 5.32 Å². The van der Waals surface area contributed by atoms with Gasteiger partial charge in [-0.2, -0.15) is 0 Å². The van der Waals surface area contributed by atoms with Crippen LogP contribution in [0.25, 0.3) is 0 Å². The second kappa shape index (κ2) is 6.51. The number of benzene rings is 2. The van der Waals surface area contributed by atoms with Crippen LogP contribution in [-0.2, 0) is 0 Å². The van der Waals surface area contributed by atoms with E-state index in [2.05, 4.69) is 70.6 Å². The van der Waals surface area contributed by atoms with E-state index in [0.29, 0.717) is 17.9 Å². The van der Waals surface area contributed by atoms with E-state index in [1.807, 2.05) is 6.07 Å². The number of nitrogens with one attached hydrogen (secondary N) is 1. The summed E-state index contributed by atoms with van der Waals surface area (Å²) in [6.07, 6.45) is 1.25. The van der Waals surface area contributed by atoms with Crippen molar-refractivity contribution < 1.29 is 0 Å². The Labute approximate surface area is 139 Å². The van der Waals surface area contributed by atoms with Crippen LogP contribution >= 0.6 is 27.5 Å². The average Bonchev–Trinajstić information content (AvgIpc) is 3.29. The van der Waals surface area contributed by atoms with Crippen LogP contribution in [0.2, 0.25) is 5.02 Å². The quantitative estimate of drug-likeness (QED) is 0.732. The highest BCUT2D eigenvalue weighted by Gasteiger charge is 2.44. The molecule has 1 fully saturated rings. The van der Waals surface area contributed by atoms with Crippen LogP contribution < -0.4 is 5.32 Å². The Morgan fingerprint density at radius 3 is 2.67 bits per heavy atom. The average molecular weight is 365 g/mol. The van der Waals surface area contributed by atoms with Gasteiger partial charge in [-0.15, -0.1) is 0 Å². The maximum atomic E-state index is 6.26. The maximum absolute atomic E-state index is 6.26. The van der Waals surface area contributed by atoms with Crippen molar-refractivity contribution in [1.29, 1.82) is 0 Å². The van der Waals surface area contributed by atoms with Crippen LogP contribution in [0, 0.1) is 5.92 Å². The van der Waals surface area contributed by atoms with E-state index < -0.39 is 0 Å². The van der Waals surface area contributed by atoms with Crippen molar-refractivity contribution in [3.05, 3.63) is 69.2 Å². The Bertz CT molecular complexity index is 614. The van der Waals surface area contributed by atoms with Crippen molar-refractivity contribution in [3.8, 4) is 0 Å². The zero-order valence-corrected chi connectivity index (χ0v) is 14.4. The molecule has 3 heteroatoms. The Morgan fingerprint density at radius 1 is 1.24 bits per heavy atom. The lowest BCUT2D eigenvalue weighted by molar-refractivity contribution is 0.487. The van der Waals surface area contributed by atoms with Gasteiger partial charge in [-0.1, -0.05) is 54.9 Å². The fourth-order valence-corrected chi connectivity index (χ4v) is 3.54. The standard InChI is InChI=1S/C18H19BrClN/c1-2-21-18(13-8-9-16(19)17(20)10-13)15-11-14(15)12-6-4-3-5-7-12/h3-10,14-15,18,21H,2,11H2,1H3. The molecule has 1 N–H and O–H groups in total. The fraction of sp³-hybridized carbons (Fsp3) is 0.333. The molecule has 0 heterocycles. The normalized spacial score (nSPS) is 22.0. The topological polar surface area (TPSA) is 12.0 Å². The Morgan fingerprint density at radius 2 is 2.00 bits per heavy atom. The van der Waals surface area contributed by atoms with Gasteiger partial charge < -0.3 is 5.32 Å². The molecule has 0 amide bonds. The third kappa shape index (κ3) is 3.33. The zero-order valence-electron chi connectivity index (χ0n) is 12.0. The summed E-state index contributed by atoms with van der Waals surface area (Å²) in [5, 5.41) is 4.42. The van der Waals surface area contributed by atoms with Gasteiger partial charge in [0.1, 0.15) is 0 Å². The molecule has 3 atom stereocenters. The van der Waals surface area contributed by atoms with Crippen LogP contribution in [0.15, 0.2) is 53.0 Å². The summed E-state index contributed by atoms with van der Waals surface area (Å²) >= 11 is 9.73. The van der Waals surface area contributed by atoms with E-state index >= 15 is 0 Å². The van der Waals surface area contributed by atoms with Gasteiger partial charge in [-0.05, 0) is 64.0 Å². The van der Waals surface area contributed by atoms with Gasteiger partial charge in [0.2, 0.25) is 0 Å². The first kappa shape index (κ1) is 15.1. The third-order valence-corrected chi connectivity index (χ3v) is 5.45. The first-order valence-electron chi connectivity index (χ1n) is 7.44. The van der Waals surface area contributed by atoms with Crippen LogP contribution in [0.1, 0.15) is 36.4 Å². The summed E-state index contributed by atoms with van der Waals surface area (Å²) in [6.45, 7) is 3.13. The lowest BCUT2D eigenvalue weighted by Crippen LogP contribution is -2.23. The maximum Gasteiger partial charge on any atom is 0.0551 e. The second-order valence-corrected chi connectivity index (χ2v) is 6.89. The summed E-state index contributed by atoms with van der Waals surface area (Å²) in [7, 11) is 0. The van der Waals surface area contributed by atoms with E-state index in [-0.39, 0.29) is 0 Å². The van der Waals surface area contributed by atoms with Gasteiger partial charge in [0, 0.05) is 10.5 Å². The highest BCUT2D eigenvalue weighted by molar-refractivity contribution is 9.10. The highest BCUT2D eigenvalue weighted by Crippen LogP contribution is 2.54. The lowest BCUT2D eigenvalue weighted by Gasteiger charge is -2.19. The molecule has 3 unspecified atom stereocenters. The lowest BCUT2D eigenvalue weighted by atomic mass is 9.98. The van der Waals surface area contributed by atoms with E-state index in [1.165, 1.54) is 17.5 Å². The molecule has 1 aliphatic rings. The largest absolute Gasteiger partial charge is 0.310 e. The predicted molar refractivity (Wildman–Crippen MR) is 92.9 cm³/mol. The molecule has 0 aliphatic heterocycles. The van der Waals surface area contributed by atoms with Crippen molar-refractivity contribution in [3.63, 3.8) is 0 Å². The molecule has 0 aromatic heterocycles. The van der Waals surface area contributed by atoms with Crippen molar-refractivity contribution in [2.45, 2.75) is 25.3 Å². The van der Waals surface area contributed by atoms with E-state index in [9.17, 15) is 0 Å². The van der Waals surface area contributed by atoms with Crippen molar-refractivity contribution >= 4 is 27.5 Å². The summed E-state index contributed by atoms with van der Waals surface area (Å²) in [6, 6.07) is 17.5. The third-order valence-electron chi connectivity index (χ3n) is 4.22. The smallest absolute Gasteiger partial charge is 0.0551 e. The highest BCUT2D eigenvalue weighted by atomic mass is 79.9. The molecule has 110 valence electrons. The van der Waals surface area contributed by atoms with Gasteiger partial charge in [-0.3, -0.25) is 0 Å². The molecule has 2 aromatic rings. The number of rotatable bonds is 5. The van der Waals surface area contributed by atoms with Crippen LogP contribution in [0.5, 0.6) is 0 Å². The first-order valence-corrected chi connectivity index (χ1v) is 8.61. The van der Waals surface area contributed by atoms with Crippen molar-refractivity contribution in [2.24, 2.45) is 5.92 Å². The SMILES string of the molecule is CCNC(c1ccc(Br)c(Cl)c1)C1CC1c1ccccc1. The summed E-state index contributed by atoms with van der Waals surface area (Å²) < 4.78 is 0.957. The van der Waals surface area contributed by atoms with Gasteiger partial charge in [-0.25, -0.2) is 0 Å². The summed E-state index contributed by atoms with van der Waals surface area (Å²) in [5.41, 5.74) is 2.74. The van der Waals surface area contributed by atoms with E-state index in [4.69, 9.17) is 11.6 Å². The van der Waals surface area contributed by atoms with Gasteiger partial charge >= 0.3 is 0 Å². The summed E-state index contributed by atoms with van der Waals surface area (Å²) in [5.74, 6) is 1.32. The molecule has 21 heavy (non-hydrogen) atoms. The van der Waals surface area contributed by atoms with Crippen LogP contribution in [0.3, 0.4) is 0 Å². The summed E-state index contributed by atoms with van der Waals surface area (Å²) in [4.78, 5) is 0. The molecular formula is C18H19BrClN. The molecule has 0 radical (unpaired) electrons.